The molecule has 0 fully saturated rings. The molecule has 1 aromatic heterocycles. The maximum absolute atomic E-state index is 11.8. The Bertz CT molecular complexity index is 928. The van der Waals surface area contributed by atoms with Crippen LogP contribution in [-0.2, 0) is 29.1 Å². The predicted octanol–water partition coefficient (Wildman–Crippen LogP) is 4.45. The summed E-state index contributed by atoms with van der Waals surface area (Å²) in [4.78, 5) is 16.5. The summed E-state index contributed by atoms with van der Waals surface area (Å²) in [5, 5.41) is 0. The summed E-state index contributed by atoms with van der Waals surface area (Å²) in [7, 11) is 0. The van der Waals surface area contributed by atoms with Crippen LogP contribution in [0.1, 0.15) is 35.3 Å². The maximum atomic E-state index is 11.8. The number of carbonyl (C=O) groups excluding carboxylic acids is 1. The molecule has 0 saturated carbocycles. The highest BCUT2D eigenvalue weighted by molar-refractivity contribution is 5.86. The van der Waals surface area contributed by atoms with Crippen molar-refractivity contribution in [3.8, 4) is 0 Å². The van der Waals surface area contributed by atoms with Crippen molar-refractivity contribution < 1.29 is 9.53 Å². The molecule has 1 heterocycles. The van der Waals surface area contributed by atoms with Gasteiger partial charge in [0.25, 0.3) is 0 Å². The van der Waals surface area contributed by atoms with E-state index in [1.54, 1.807) is 6.92 Å². The molecule has 0 atom stereocenters. The lowest BCUT2D eigenvalue weighted by Gasteiger charge is -2.12. The average Bonchev–Trinajstić information content (AvgIpc) is 2.96. The number of nitrogens with zero attached hydrogens (tertiary/aromatic N) is 2. The summed E-state index contributed by atoms with van der Waals surface area (Å²) in [6.45, 7) is 8.15. The van der Waals surface area contributed by atoms with Crippen molar-refractivity contribution in [2.75, 3.05) is 0 Å². The molecule has 4 heteroatoms. The van der Waals surface area contributed by atoms with Crippen LogP contribution in [0.5, 0.6) is 0 Å². The molecule has 3 aromatic rings. The molecule has 4 nitrogen and oxygen atoms in total. The molecule has 0 radical (unpaired) electrons. The first-order valence-electron chi connectivity index (χ1n) is 9.00. The molecule has 0 amide bonds. The van der Waals surface area contributed by atoms with Crippen LogP contribution in [0.4, 0.5) is 0 Å². The van der Waals surface area contributed by atoms with E-state index in [2.05, 4.69) is 35.4 Å². The van der Waals surface area contributed by atoms with Gasteiger partial charge in [0.2, 0.25) is 0 Å². The summed E-state index contributed by atoms with van der Waals surface area (Å²) in [5.74, 6) is 0.516. The highest BCUT2D eigenvalue weighted by atomic mass is 16.5. The summed E-state index contributed by atoms with van der Waals surface area (Å²) in [5.41, 5.74) is 4.65. The Kier molecular flexibility index (Phi) is 5.87. The Morgan fingerprint density at radius 3 is 2.22 bits per heavy atom. The Hall–Kier alpha value is -3.14. The minimum absolute atomic E-state index is 0.149. The van der Waals surface area contributed by atoms with Crippen molar-refractivity contribution in [3.05, 3.63) is 101 Å². The van der Waals surface area contributed by atoms with Crippen LogP contribution in [0.3, 0.4) is 0 Å². The van der Waals surface area contributed by atoms with Crippen LogP contribution in [0.25, 0.3) is 0 Å². The normalized spacial score (nSPS) is 10.6. The van der Waals surface area contributed by atoms with E-state index in [0.29, 0.717) is 5.57 Å². The highest BCUT2D eigenvalue weighted by Crippen LogP contribution is 2.20. The molecule has 0 spiro atoms. The van der Waals surface area contributed by atoms with Gasteiger partial charge in [-0.3, -0.25) is 0 Å². The lowest BCUT2D eigenvalue weighted by molar-refractivity contribution is -0.140. The molecule has 27 heavy (non-hydrogen) atoms. The van der Waals surface area contributed by atoms with E-state index in [-0.39, 0.29) is 6.61 Å². The molecule has 0 unspecified atom stereocenters. The van der Waals surface area contributed by atoms with Crippen molar-refractivity contribution in [1.82, 2.24) is 9.55 Å². The Morgan fingerprint density at radius 1 is 1.04 bits per heavy atom. The number of hydrogen-bond donors (Lipinski definition) is 0. The third-order valence-corrected chi connectivity index (χ3v) is 4.43. The van der Waals surface area contributed by atoms with Gasteiger partial charge in [-0.15, -0.1) is 0 Å². The number of ether oxygens (including phenoxy) is 1. The van der Waals surface area contributed by atoms with Gasteiger partial charge in [-0.2, -0.15) is 0 Å². The zero-order valence-corrected chi connectivity index (χ0v) is 15.8. The van der Waals surface area contributed by atoms with Crippen molar-refractivity contribution in [2.45, 2.75) is 33.4 Å². The fraction of sp³-hybridized carbons (Fsp3) is 0.217. The number of rotatable bonds is 7. The third kappa shape index (κ3) is 4.73. The molecule has 2 aromatic carbocycles. The van der Waals surface area contributed by atoms with E-state index < -0.39 is 5.97 Å². The Labute approximate surface area is 160 Å². The number of aromatic nitrogens is 2. The molecule has 0 bridgehead atoms. The van der Waals surface area contributed by atoms with Crippen LogP contribution in [-0.4, -0.2) is 15.5 Å². The first-order chi connectivity index (χ1) is 13.0. The smallest absolute Gasteiger partial charge is 0.333 e. The summed E-state index contributed by atoms with van der Waals surface area (Å²) in [6, 6.07) is 20.5. The lowest BCUT2D eigenvalue weighted by Crippen LogP contribution is -2.10. The molecule has 3 rings (SSSR count). The number of aryl methyl sites for hydroxylation is 1. The van der Waals surface area contributed by atoms with E-state index in [0.717, 1.165) is 30.2 Å². The summed E-state index contributed by atoms with van der Waals surface area (Å²) >= 11 is 0. The molecule has 0 aliphatic rings. The highest BCUT2D eigenvalue weighted by Gasteiger charge is 2.17. The zero-order valence-electron chi connectivity index (χ0n) is 15.8. The van der Waals surface area contributed by atoms with Gasteiger partial charge in [0.1, 0.15) is 12.4 Å². The van der Waals surface area contributed by atoms with Gasteiger partial charge in [0, 0.05) is 24.2 Å². The quantitative estimate of drug-likeness (QED) is 0.462. The van der Waals surface area contributed by atoms with E-state index in [9.17, 15) is 4.79 Å². The average molecular weight is 360 g/mol. The van der Waals surface area contributed by atoms with E-state index >= 15 is 0 Å². The van der Waals surface area contributed by atoms with Crippen LogP contribution in [0.2, 0.25) is 0 Å². The summed E-state index contributed by atoms with van der Waals surface area (Å²) in [6.07, 6.45) is 0.731. The third-order valence-electron chi connectivity index (χ3n) is 4.43. The maximum Gasteiger partial charge on any atom is 0.333 e. The van der Waals surface area contributed by atoms with Gasteiger partial charge >= 0.3 is 5.97 Å². The molecular weight excluding hydrogens is 336 g/mol. The second-order valence-electron chi connectivity index (χ2n) is 6.64. The summed E-state index contributed by atoms with van der Waals surface area (Å²) < 4.78 is 7.57. The van der Waals surface area contributed by atoms with Gasteiger partial charge in [-0.25, -0.2) is 9.78 Å². The Balaban J connectivity index is 1.93. The van der Waals surface area contributed by atoms with E-state index in [4.69, 9.17) is 9.72 Å². The SMILES string of the molecule is C=C(C)C(=O)OCc1nc(C)n(Cc2ccccc2)c1Cc1ccccc1. The van der Waals surface area contributed by atoms with Crippen LogP contribution >= 0.6 is 0 Å². The minimum Gasteiger partial charge on any atom is -0.456 e. The van der Waals surface area contributed by atoms with Crippen LogP contribution in [0.15, 0.2) is 72.8 Å². The zero-order chi connectivity index (χ0) is 19.2. The first kappa shape index (κ1) is 18.6. The first-order valence-corrected chi connectivity index (χ1v) is 9.00. The molecule has 0 saturated heterocycles. The molecular formula is C23H24N2O2. The molecule has 0 aliphatic heterocycles. The second kappa shape index (κ2) is 8.49. The van der Waals surface area contributed by atoms with Crippen LogP contribution < -0.4 is 0 Å². The fourth-order valence-corrected chi connectivity index (χ4v) is 3.01. The van der Waals surface area contributed by atoms with E-state index in [1.165, 1.54) is 11.1 Å². The monoisotopic (exact) mass is 360 g/mol. The molecule has 0 N–H and O–H groups in total. The topological polar surface area (TPSA) is 44.1 Å². The number of hydrogen-bond acceptors (Lipinski definition) is 3. The van der Waals surface area contributed by atoms with Crippen molar-refractivity contribution >= 4 is 5.97 Å². The minimum atomic E-state index is -0.393. The van der Waals surface area contributed by atoms with Gasteiger partial charge in [0.05, 0.1) is 5.69 Å². The second-order valence-corrected chi connectivity index (χ2v) is 6.64. The fourth-order valence-electron chi connectivity index (χ4n) is 3.01. The molecule has 138 valence electrons. The number of benzene rings is 2. The van der Waals surface area contributed by atoms with E-state index in [1.807, 2.05) is 43.3 Å². The van der Waals surface area contributed by atoms with Crippen LogP contribution in [0, 0.1) is 6.92 Å². The van der Waals surface area contributed by atoms with Crippen molar-refractivity contribution in [1.29, 1.82) is 0 Å². The largest absolute Gasteiger partial charge is 0.456 e. The van der Waals surface area contributed by atoms with Gasteiger partial charge in [-0.1, -0.05) is 67.2 Å². The predicted molar refractivity (Wildman–Crippen MR) is 106 cm³/mol. The number of carbonyl (C=O) groups is 1. The number of imidazole rings is 1. The van der Waals surface area contributed by atoms with Gasteiger partial charge < -0.3 is 9.30 Å². The Morgan fingerprint density at radius 2 is 1.63 bits per heavy atom. The van der Waals surface area contributed by atoms with Crippen molar-refractivity contribution in [3.63, 3.8) is 0 Å². The molecule has 0 aliphatic carbocycles. The lowest BCUT2D eigenvalue weighted by atomic mass is 10.1. The van der Waals surface area contributed by atoms with Gasteiger partial charge in [0.15, 0.2) is 0 Å². The number of esters is 1. The standard InChI is InChI=1S/C23H24N2O2/c1-17(2)23(26)27-16-21-22(14-19-10-6-4-7-11-19)25(18(3)24-21)15-20-12-8-5-9-13-20/h4-13H,1,14-16H2,2-3H3. The van der Waals surface area contributed by atoms with Crippen molar-refractivity contribution in [2.24, 2.45) is 0 Å². The van der Waals surface area contributed by atoms with Gasteiger partial charge in [-0.05, 0) is 25.0 Å².